The van der Waals surface area contributed by atoms with Crippen LogP contribution in [0, 0.1) is 6.92 Å². The van der Waals surface area contributed by atoms with Crippen molar-refractivity contribution in [3.8, 4) is 17.1 Å². The predicted molar refractivity (Wildman–Crippen MR) is 74.7 cm³/mol. The number of carbonyl (C=O) groups excluding carboxylic acids is 1. The normalized spacial score (nSPS) is 10.4. The van der Waals surface area contributed by atoms with Crippen LogP contribution in [0.4, 0.5) is 0 Å². The molecule has 0 saturated heterocycles. The fourth-order valence-corrected chi connectivity index (χ4v) is 1.97. The molecule has 0 saturated carbocycles. The highest BCUT2D eigenvalue weighted by molar-refractivity contribution is 5.85. The van der Waals surface area contributed by atoms with E-state index in [1.807, 2.05) is 31.2 Å². The summed E-state index contributed by atoms with van der Waals surface area (Å²) in [6.45, 7) is 1.99. The second-order valence-corrected chi connectivity index (χ2v) is 4.42. The van der Waals surface area contributed by atoms with Gasteiger partial charge in [0.15, 0.2) is 12.1 Å². The van der Waals surface area contributed by atoms with Crippen molar-refractivity contribution in [1.29, 1.82) is 0 Å². The summed E-state index contributed by atoms with van der Waals surface area (Å²) in [6, 6.07) is 7.47. The Hall–Kier alpha value is -2.82. The van der Waals surface area contributed by atoms with Gasteiger partial charge in [-0.25, -0.2) is 9.67 Å². The number of hydrogen-bond acceptors (Lipinski definition) is 4. The van der Waals surface area contributed by atoms with Gasteiger partial charge in [-0.15, -0.1) is 0 Å². The average molecular weight is 264 g/mol. The smallest absolute Gasteiger partial charge is 0.153 e. The molecule has 0 aliphatic rings. The third-order valence-electron chi connectivity index (χ3n) is 2.96. The lowest BCUT2D eigenvalue weighted by molar-refractivity contribution is 0.112. The zero-order chi connectivity index (χ0) is 13.9. The van der Waals surface area contributed by atoms with Gasteiger partial charge in [-0.3, -0.25) is 9.78 Å². The molecule has 5 nitrogen and oxygen atoms in total. The van der Waals surface area contributed by atoms with E-state index in [2.05, 4.69) is 15.1 Å². The topological polar surface area (TPSA) is 60.7 Å². The predicted octanol–water partition coefficient (Wildman–Crippen LogP) is 2.45. The first-order valence-electron chi connectivity index (χ1n) is 6.16. The summed E-state index contributed by atoms with van der Waals surface area (Å²) < 4.78 is 1.62. The summed E-state index contributed by atoms with van der Waals surface area (Å²) >= 11 is 0. The van der Waals surface area contributed by atoms with E-state index in [9.17, 15) is 4.79 Å². The Morgan fingerprint density at radius 3 is 2.65 bits per heavy atom. The number of aromatic nitrogens is 4. The molecule has 20 heavy (non-hydrogen) atoms. The summed E-state index contributed by atoms with van der Waals surface area (Å²) in [7, 11) is 0. The first-order chi connectivity index (χ1) is 9.78. The van der Waals surface area contributed by atoms with Crippen molar-refractivity contribution in [2.75, 3.05) is 0 Å². The minimum absolute atomic E-state index is 0.527. The van der Waals surface area contributed by atoms with E-state index in [1.165, 1.54) is 0 Å². The molecule has 0 bridgehead atoms. The van der Waals surface area contributed by atoms with E-state index in [4.69, 9.17) is 0 Å². The third-order valence-corrected chi connectivity index (χ3v) is 2.96. The van der Waals surface area contributed by atoms with E-state index in [1.54, 1.807) is 29.5 Å². The summed E-state index contributed by atoms with van der Waals surface area (Å²) in [5, 5.41) is 4.46. The fraction of sp³-hybridized carbons (Fsp3) is 0.0667. The van der Waals surface area contributed by atoms with Crippen LogP contribution in [0.5, 0.6) is 0 Å². The molecule has 5 heteroatoms. The SMILES string of the molecule is Cc1ccnc(-n2cc(C=O)c(-c3ccncc3)n2)c1. The molecule has 0 aliphatic carbocycles. The Morgan fingerprint density at radius 2 is 1.95 bits per heavy atom. The number of hydrogen-bond donors (Lipinski definition) is 0. The van der Waals surface area contributed by atoms with Crippen molar-refractivity contribution in [3.63, 3.8) is 0 Å². The highest BCUT2D eigenvalue weighted by Gasteiger charge is 2.12. The van der Waals surface area contributed by atoms with Crippen LogP contribution >= 0.6 is 0 Å². The highest BCUT2D eigenvalue weighted by atomic mass is 16.1. The van der Waals surface area contributed by atoms with Crippen LogP contribution in [-0.4, -0.2) is 26.0 Å². The lowest BCUT2D eigenvalue weighted by Crippen LogP contribution is -1.98. The van der Waals surface area contributed by atoms with E-state index in [-0.39, 0.29) is 0 Å². The minimum atomic E-state index is 0.527. The second kappa shape index (κ2) is 5.05. The van der Waals surface area contributed by atoms with E-state index < -0.39 is 0 Å². The van der Waals surface area contributed by atoms with Gasteiger partial charge >= 0.3 is 0 Å². The van der Waals surface area contributed by atoms with Crippen molar-refractivity contribution >= 4 is 6.29 Å². The van der Waals surface area contributed by atoms with Gasteiger partial charge < -0.3 is 0 Å². The summed E-state index contributed by atoms with van der Waals surface area (Å²) in [6.07, 6.45) is 7.56. The number of carbonyl (C=O) groups is 1. The molecule has 3 heterocycles. The molecule has 0 N–H and O–H groups in total. The number of nitrogens with zero attached hydrogens (tertiary/aromatic N) is 4. The minimum Gasteiger partial charge on any atom is -0.298 e. The third kappa shape index (κ3) is 2.21. The van der Waals surface area contributed by atoms with E-state index in [0.29, 0.717) is 17.1 Å². The maximum absolute atomic E-state index is 11.2. The molecule has 3 aromatic rings. The highest BCUT2D eigenvalue weighted by Crippen LogP contribution is 2.21. The molecule has 98 valence electrons. The number of aryl methyl sites for hydroxylation is 1. The van der Waals surface area contributed by atoms with Crippen molar-refractivity contribution in [3.05, 3.63) is 60.2 Å². The van der Waals surface area contributed by atoms with Crippen LogP contribution < -0.4 is 0 Å². The average Bonchev–Trinajstić information content (AvgIpc) is 2.92. The standard InChI is InChI=1S/C15H12N4O/c1-11-2-7-17-14(8-11)19-9-13(10-20)15(18-19)12-3-5-16-6-4-12/h2-10H,1H3. The molecule has 3 rings (SSSR count). The molecule has 0 spiro atoms. The Labute approximate surface area is 115 Å². The van der Waals surface area contributed by atoms with Crippen molar-refractivity contribution < 1.29 is 4.79 Å². The van der Waals surface area contributed by atoms with Gasteiger partial charge in [-0.2, -0.15) is 5.10 Å². The number of rotatable bonds is 3. The summed E-state index contributed by atoms with van der Waals surface area (Å²) in [5.41, 5.74) is 3.10. The molecule has 3 aromatic heterocycles. The second-order valence-electron chi connectivity index (χ2n) is 4.42. The van der Waals surface area contributed by atoms with Crippen LogP contribution in [0.1, 0.15) is 15.9 Å². The Bertz CT molecular complexity index is 750. The maximum Gasteiger partial charge on any atom is 0.153 e. The fourth-order valence-electron chi connectivity index (χ4n) is 1.97. The Balaban J connectivity index is 2.12. The Morgan fingerprint density at radius 1 is 1.15 bits per heavy atom. The van der Waals surface area contributed by atoms with Crippen LogP contribution in [0.3, 0.4) is 0 Å². The lowest BCUT2D eigenvalue weighted by Gasteiger charge is -2.00. The van der Waals surface area contributed by atoms with Gasteiger partial charge in [0, 0.05) is 30.4 Å². The summed E-state index contributed by atoms with van der Waals surface area (Å²) in [5.74, 6) is 0.688. The molecular formula is C15H12N4O. The van der Waals surface area contributed by atoms with Crippen molar-refractivity contribution in [2.45, 2.75) is 6.92 Å². The van der Waals surface area contributed by atoms with Crippen LogP contribution in [0.25, 0.3) is 17.1 Å². The molecule has 0 aromatic carbocycles. The summed E-state index contributed by atoms with van der Waals surface area (Å²) in [4.78, 5) is 19.5. The first kappa shape index (κ1) is 12.2. The van der Waals surface area contributed by atoms with Gasteiger partial charge in [0.05, 0.1) is 5.56 Å². The van der Waals surface area contributed by atoms with E-state index in [0.717, 1.165) is 17.4 Å². The van der Waals surface area contributed by atoms with Crippen molar-refractivity contribution in [2.24, 2.45) is 0 Å². The quantitative estimate of drug-likeness (QED) is 0.682. The number of pyridine rings is 2. The van der Waals surface area contributed by atoms with Crippen LogP contribution in [0.2, 0.25) is 0 Å². The Kier molecular flexibility index (Phi) is 3.09. The molecule has 0 aliphatic heterocycles. The van der Waals surface area contributed by atoms with E-state index >= 15 is 0 Å². The number of aldehydes is 1. The molecule has 0 fully saturated rings. The van der Waals surface area contributed by atoms with Crippen LogP contribution in [-0.2, 0) is 0 Å². The van der Waals surface area contributed by atoms with Gasteiger partial charge in [-0.1, -0.05) is 0 Å². The molecule has 0 unspecified atom stereocenters. The van der Waals surface area contributed by atoms with Gasteiger partial charge in [0.2, 0.25) is 0 Å². The zero-order valence-electron chi connectivity index (χ0n) is 10.9. The molecule has 0 atom stereocenters. The molecular weight excluding hydrogens is 252 g/mol. The largest absolute Gasteiger partial charge is 0.298 e. The maximum atomic E-state index is 11.2. The zero-order valence-corrected chi connectivity index (χ0v) is 10.9. The monoisotopic (exact) mass is 264 g/mol. The van der Waals surface area contributed by atoms with Gasteiger partial charge in [0.25, 0.3) is 0 Å². The van der Waals surface area contributed by atoms with Gasteiger partial charge in [0.1, 0.15) is 5.69 Å². The molecule has 0 amide bonds. The molecule has 0 radical (unpaired) electrons. The lowest BCUT2D eigenvalue weighted by atomic mass is 10.1. The van der Waals surface area contributed by atoms with Gasteiger partial charge in [-0.05, 0) is 36.8 Å². The van der Waals surface area contributed by atoms with Crippen LogP contribution in [0.15, 0.2) is 49.1 Å². The first-order valence-corrected chi connectivity index (χ1v) is 6.16. The van der Waals surface area contributed by atoms with Crippen molar-refractivity contribution in [1.82, 2.24) is 19.7 Å².